The van der Waals surface area contributed by atoms with E-state index in [0.717, 1.165) is 47.9 Å². The van der Waals surface area contributed by atoms with Crippen molar-refractivity contribution in [2.24, 2.45) is 5.41 Å². The third-order valence-electron chi connectivity index (χ3n) is 4.52. The van der Waals surface area contributed by atoms with E-state index in [4.69, 9.17) is 0 Å². The molecule has 132 valence electrons. The van der Waals surface area contributed by atoms with E-state index in [1.165, 1.54) is 0 Å². The largest absolute Gasteiger partial charge is 0.382 e. The van der Waals surface area contributed by atoms with E-state index in [0.29, 0.717) is 12.2 Å². The number of hydrogen-bond donors (Lipinski definition) is 1. The molecule has 0 saturated carbocycles. The second kappa shape index (κ2) is 8.42. The molecule has 1 N–H and O–H groups in total. The Morgan fingerprint density at radius 1 is 1.05 bits per heavy atom. The van der Waals surface area contributed by atoms with Gasteiger partial charge in [0.2, 0.25) is 0 Å². The molecule has 1 atom stereocenters. The van der Waals surface area contributed by atoms with Crippen LogP contribution in [-0.2, 0) is 4.79 Å². The van der Waals surface area contributed by atoms with E-state index in [9.17, 15) is 9.90 Å². The number of carbonyl (C=O) groups is 1. The SMILES string of the molecule is CCC(C)(C)C(=O)CCCC[N+](C)(C)CC(O)C[N+](C)(C)C. The van der Waals surface area contributed by atoms with Crippen LogP contribution in [-0.4, -0.2) is 80.8 Å². The summed E-state index contributed by atoms with van der Waals surface area (Å²) in [6.45, 7) is 8.70. The number of likely N-dealkylation sites (N-methyl/N-ethyl adjacent to an activating group) is 2. The zero-order chi connectivity index (χ0) is 17.6. The molecule has 0 aromatic carbocycles. The first-order valence-electron chi connectivity index (χ1n) is 8.63. The quantitative estimate of drug-likeness (QED) is 0.469. The van der Waals surface area contributed by atoms with Crippen molar-refractivity contribution in [3.05, 3.63) is 0 Å². The minimum Gasteiger partial charge on any atom is -0.382 e. The maximum atomic E-state index is 12.1. The Labute approximate surface area is 138 Å². The molecule has 22 heavy (non-hydrogen) atoms. The molecule has 0 saturated heterocycles. The molecule has 0 heterocycles. The van der Waals surface area contributed by atoms with Crippen LogP contribution in [0.15, 0.2) is 0 Å². The highest BCUT2D eigenvalue weighted by atomic mass is 16.3. The maximum Gasteiger partial charge on any atom is 0.152 e. The number of unbranched alkanes of at least 4 members (excludes halogenated alkanes) is 1. The lowest BCUT2D eigenvalue weighted by Gasteiger charge is -2.34. The molecule has 0 bridgehead atoms. The second-order valence-corrected chi connectivity index (χ2v) is 9.09. The van der Waals surface area contributed by atoms with Gasteiger partial charge in [-0.2, -0.15) is 0 Å². The number of ketones is 1. The number of nitrogens with zero attached hydrogens (tertiary/aromatic N) is 2. The van der Waals surface area contributed by atoms with E-state index in [1.807, 2.05) is 13.8 Å². The molecule has 0 rings (SSSR count). The van der Waals surface area contributed by atoms with Gasteiger partial charge in [0.1, 0.15) is 18.9 Å². The lowest BCUT2D eigenvalue weighted by atomic mass is 9.83. The molecule has 0 fully saturated rings. The molecule has 0 amide bonds. The average molecular weight is 317 g/mol. The molecular weight excluding hydrogens is 276 g/mol. The summed E-state index contributed by atoms with van der Waals surface area (Å²) in [4.78, 5) is 12.1. The van der Waals surface area contributed by atoms with Crippen LogP contribution in [0.5, 0.6) is 0 Å². The second-order valence-electron chi connectivity index (χ2n) is 9.09. The molecule has 0 spiro atoms. The zero-order valence-electron chi connectivity index (χ0n) is 16.3. The van der Waals surface area contributed by atoms with Gasteiger partial charge in [0.25, 0.3) is 0 Å². The lowest BCUT2D eigenvalue weighted by molar-refractivity contribution is -0.907. The minimum absolute atomic E-state index is 0.175. The Balaban J connectivity index is 4.11. The predicted octanol–water partition coefficient (Wildman–Crippen LogP) is 2.31. The first-order chi connectivity index (χ1) is 9.79. The Morgan fingerprint density at radius 3 is 2.05 bits per heavy atom. The van der Waals surface area contributed by atoms with E-state index in [-0.39, 0.29) is 11.5 Å². The van der Waals surface area contributed by atoms with Crippen LogP contribution in [0.25, 0.3) is 0 Å². The van der Waals surface area contributed by atoms with Gasteiger partial charge in [-0.3, -0.25) is 4.79 Å². The van der Waals surface area contributed by atoms with Crippen molar-refractivity contribution in [2.75, 3.05) is 54.9 Å². The maximum absolute atomic E-state index is 12.1. The van der Waals surface area contributed by atoms with Crippen LogP contribution in [0.1, 0.15) is 46.5 Å². The highest BCUT2D eigenvalue weighted by Crippen LogP contribution is 2.23. The van der Waals surface area contributed by atoms with Crippen LogP contribution in [0, 0.1) is 5.41 Å². The molecule has 0 aliphatic rings. The number of aliphatic hydroxyl groups excluding tert-OH is 1. The summed E-state index contributed by atoms with van der Waals surface area (Å²) in [6, 6.07) is 0. The summed E-state index contributed by atoms with van der Waals surface area (Å²) in [7, 11) is 10.6. The third-order valence-corrected chi connectivity index (χ3v) is 4.52. The Kier molecular flexibility index (Phi) is 8.24. The van der Waals surface area contributed by atoms with Crippen LogP contribution < -0.4 is 0 Å². The van der Waals surface area contributed by atoms with E-state index in [2.05, 4.69) is 42.2 Å². The number of quaternary nitrogens is 2. The van der Waals surface area contributed by atoms with Crippen LogP contribution in [0.3, 0.4) is 0 Å². The normalized spacial score (nSPS) is 15.0. The molecule has 1 unspecified atom stereocenters. The summed E-state index contributed by atoms with van der Waals surface area (Å²) in [5.74, 6) is 0.380. The Morgan fingerprint density at radius 2 is 1.59 bits per heavy atom. The summed E-state index contributed by atoms with van der Waals surface area (Å²) in [5.41, 5.74) is -0.175. The van der Waals surface area contributed by atoms with Crippen molar-refractivity contribution in [3.8, 4) is 0 Å². The van der Waals surface area contributed by atoms with Gasteiger partial charge in [-0.1, -0.05) is 20.8 Å². The monoisotopic (exact) mass is 316 g/mol. The first-order valence-corrected chi connectivity index (χ1v) is 8.63. The van der Waals surface area contributed by atoms with Crippen molar-refractivity contribution >= 4 is 5.78 Å². The van der Waals surface area contributed by atoms with Gasteiger partial charge in [-0.25, -0.2) is 0 Å². The molecule has 0 aliphatic heterocycles. The van der Waals surface area contributed by atoms with Crippen LogP contribution >= 0.6 is 0 Å². The highest BCUT2D eigenvalue weighted by Gasteiger charge is 2.26. The molecule has 4 heteroatoms. The van der Waals surface area contributed by atoms with Crippen molar-refractivity contribution in [1.29, 1.82) is 0 Å². The summed E-state index contributed by atoms with van der Waals surface area (Å²) >= 11 is 0. The van der Waals surface area contributed by atoms with Gasteiger partial charge in [0.15, 0.2) is 6.10 Å². The number of aliphatic hydroxyl groups is 1. The molecule has 0 aromatic heterocycles. The molecular formula is C18H40N2O2+2. The first kappa shape index (κ1) is 21.6. The van der Waals surface area contributed by atoms with E-state index < -0.39 is 0 Å². The minimum atomic E-state index is -0.282. The average Bonchev–Trinajstić information content (AvgIpc) is 2.30. The van der Waals surface area contributed by atoms with Crippen molar-refractivity contribution in [3.63, 3.8) is 0 Å². The Hall–Kier alpha value is -0.450. The molecule has 0 radical (unpaired) electrons. The highest BCUT2D eigenvalue weighted by molar-refractivity contribution is 5.83. The summed E-state index contributed by atoms with van der Waals surface area (Å²) in [6.07, 6.45) is 3.30. The summed E-state index contributed by atoms with van der Waals surface area (Å²) < 4.78 is 1.59. The van der Waals surface area contributed by atoms with Gasteiger partial charge in [0, 0.05) is 11.8 Å². The van der Waals surface area contributed by atoms with Gasteiger partial charge in [-0.15, -0.1) is 0 Å². The number of Topliss-reactive ketones (excluding diaryl/α,β-unsaturated/α-hetero) is 1. The van der Waals surface area contributed by atoms with Gasteiger partial charge >= 0.3 is 0 Å². The van der Waals surface area contributed by atoms with Gasteiger partial charge in [0.05, 0.1) is 41.8 Å². The number of hydrogen-bond acceptors (Lipinski definition) is 2. The lowest BCUT2D eigenvalue weighted by Crippen LogP contribution is -2.51. The number of carbonyl (C=O) groups excluding carboxylic acids is 1. The number of rotatable bonds is 11. The topological polar surface area (TPSA) is 37.3 Å². The zero-order valence-corrected chi connectivity index (χ0v) is 16.3. The fourth-order valence-corrected chi connectivity index (χ4v) is 2.71. The van der Waals surface area contributed by atoms with E-state index >= 15 is 0 Å². The third kappa shape index (κ3) is 9.54. The van der Waals surface area contributed by atoms with Crippen molar-refractivity contribution < 1.29 is 18.9 Å². The molecule has 0 aromatic rings. The summed E-state index contributed by atoms with van der Waals surface area (Å²) in [5, 5.41) is 10.2. The smallest absolute Gasteiger partial charge is 0.152 e. The van der Waals surface area contributed by atoms with Crippen molar-refractivity contribution in [1.82, 2.24) is 0 Å². The molecule has 4 nitrogen and oxygen atoms in total. The van der Waals surface area contributed by atoms with Crippen LogP contribution in [0.2, 0.25) is 0 Å². The van der Waals surface area contributed by atoms with Gasteiger partial charge in [-0.05, 0) is 19.3 Å². The van der Waals surface area contributed by atoms with Crippen LogP contribution in [0.4, 0.5) is 0 Å². The molecule has 0 aliphatic carbocycles. The predicted molar refractivity (Wildman–Crippen MR) is 93.7 cm³/mol. The standard InChI is InChI=1S/C18H40N2O2/c1-9-18(2,3)17(22)12-10-11-13-20(7,8)15-16(21)14-19(4,5)6/h16,21H,9-15H2,1-8H3/q+2. The van der Waals surface area contributed by atoms with Crippen molar-refractivity contribution in [2.45, 2.75) is 52.6 Å². The fraction of sp³-hybridized carbons (Fsp3) is 0.944. The van der Waals surface area contributed by atoms with Gasteiger partial charge < -0.3 is 14.1 Å². The van der Waals surface area contributed by atoms with E-state index in [1.54, 1.807) is 0 Å². The Bertz CT molecular complexity index is 343. The fourth-order valence-electron chi connectivity index (χ4n) is 2.71.